The fourth-order valence-electron chi connectivity index (χ4n) is 2.25. The van der Waals surface area contributed by atoms with Crippen LogP contribution >= 0.6 is 11.6 Å². The van der Waals surface area contributed by atoms with Crippen LogP contribution in [0.3, 0.4) is 0 Å². The smallest absolute Gasteiger partial charge is 0.137 e. The lowest BCUT2D eigenvalue weighted by molar-refractivity contribution is 0.680. The van der Waals surface area contributed by atoms with E-state index >= 15 is 0 Å². The van der Waals surface area contributed by atoms with E-state index in [1.54, 1.807) is 6.20 Å². The SMILES string of the molecule is Clc1cnc2[nH]c3c(c2c1)CCCC3. The summed E-state index contributed by atoms with van der Waals surface area (Å²) in [6, 6.07) is 2.02. The molecule has 2 aromatic rings. The molecule has 0 aliphatic heterocycles. The van der Waals surface area contributed by atoms with Crippen LogP contribution in [0.5, 0.6) is 0 Å². The molecule has 0 radical (unpaired) electrons. The molecule has 1 N–H and O–H groups in total. The summed E-state index contributed by atoms with van der Waals surface area (Å²) in [6.07, 6.45) is 6.59. The van der Waals surface area contributed by atoms with E-state index in [4.69, 9.17) is 11.6 Å². The maximum atomic E-state index is 5.94. The van der Waals surface area contributed by atoms with Crippen LogP contribution in [0.15, 0.2) is 12.3 Å². The zero-order valence-corrected chi connectivity index (χ0v) is 8.56. The highest BCUT2D eigenvalue weighted by Gasteiger charge is 2.15. The van der Waals surface area contributed by atoms with Crippen LogP contribution in [0.1, 0.15) is 24.1 Å². The Balaban J connectivity index is 2.32. The highest BCUT2D eigenvalue weighted by molar-refractivity contribution is 6.31. The lowest BCUT2D eigenvalue weighted by Crippen LogP contribution is -1.99. The van der Waals surface area contributed by atoms with Crippen molar-refractivity contribution in [1.82, 2.24) is 9.97 Å². The molecule has 0 atom stereocenters. The third-order valence-electron chi connectivity index (χ3n) is 2.92. The molecule has 2 nitrogen and oxygen atoms in total. The number of hydrogen-bond donors (Lipinski definition) is 1. The van der Waals surface area contributed by atoms with Crippen molar-refractivity contribution in [2.75, 3.05) is 0 Å². The lowest BCUT2D eigenvalue weighted by atomic mass is 9.96. The summed E-state index contributed by atoms with van der Waals surface area (Å²) in [5, 5.41) is 1.94. The molecule has 0 bridgehead atoms. The lowest BCUT2D eigenvalue weighted by Gasteiger charge is -2.09. The van der Waals surface area contributed by atoms with Crippen LogP contribution in [0.4, 0.5) is 0 Å². The number of pyridine rings is 1. The first-order chi connectivity index (χ1) is 6.84. The van der Waals surface area contributed by atoms with Crippen LogP contribution in [-0.2, 0) is 12.8 Å². The highest BCUT2D eigenvalue weighted by atomic mass is 35.5. The predicted octanol–water partition coefficient (Wildman–Crippen LogP) is 3.10. The van der Waals surface area contributed by atoms with Crippen molar-refractivity contribution in [3.63, 3.8) is 0 Å². The van der Waals surface area contributed by atoms with Gasteiger partial charge >= 0.3 is 0 Å². The summed E-state index contributed by atoms with van der Waals surface area (Å²) in [7, 11) is 0. The molecule has 0 amide bonds. The first-order valence-electron chi connectivity index (χ1n) is 4.99. The van der Waals surface area contributed by atoms with Crippen LogP contribution < -0.4 is 0 Å². The second kappa shape index (κ2) is 2.99. The van der Waals surface area contributed by atoms with Gasteiger partial charge in [-0.3, -0.25) is 0 Å². The first kappa shape index (κ1) is 8.30. The summed E-state index contributed by atoms with van der Waals surface area (Å²) in [5.74, 6) is 0. The van der Waals surface area contributed by atoms with Gasteiger partial charge in [-0.15, -0.1) is 0 Å². The molecule has 0 fully saturated rings. The fourth-order valence-corrected chi connectivity index (χ4v) is 2.41. The van der Waals surface area contributed by atoms with E-state index in [0.29, 0.717) is 0 Å². The molecule has 0 saturated carbocycles. The maximum Gasteiger partial charge on any atom is 0.137 e. The Bertz CT molecular complexity index is 487. The summed E-state index contributed by atoms with van der Waals surface area (Å²) in [6.45, 7) is 0. The van der Waals surface area contributed by atoms with Crippen molar-refractivity contribution in [2.24, 2.45) is 0 Å². The quantitative estimate of drug-likeness (QED) is 0.705. The van der Waals surface area contributed by atoms with Gasteiger partial charge < -0.3 is 4.98 Å². The molecule has 1 aliphatic rings. The van der Waals surface area contributed by atoms with Crippen molar-refractivity contribution in [2.45, 2.75) is 25.7 Å². The van der Waals surface area contributed by atoms with Gasteiger partial charge in [0.2, 0.25) is 0 Å². The Morgan fingerprint density at radius 3 is 3.07 bits per heavy atom. The number of aryl methyl sites for hydroxylation is 2. The van der Waals surface area contributed by atoms with Gasteiger partial charge in [-0.1, -0.05) is 11.6 Å². The zero-order valence-electron chi connectivity index (χ0n) is 7.81. The second-order valence-electron chi connectivity index (χ2n) is 3.84. The number of hydrogen-bond acceptors (Lipinski definition) is 1. The summed E-state index contributed by atoms with van der Waals surface area (Å²) < 4.78 is 0. The van der Waals surface area contributed by atoms with E-state index in [1.807, 2.05) is 6.07 Å². The molecule has 0 aromatic carbocycles. The standard InChI is InChI=1S/C11H11ClN2/c12-7-5-9-8-3-1-2-4-10(8)14-11(9)13-6-7/h5-6H,1-4H2,(H,13,14). The number of nitrogens with one attached hydrogen (secondary N) is 1. The minimum absolute atomic E-state index is 0.727. The number of H-pyrrole nitrogens is 1. The minimum atomic E-state index is 0.727. The van der Waals surface area contributed by atoms with Gasteiger partial charge in [-0.2, -0.15) is 0 Å². The molecule has 2 aromatic heterocycles. The molecule has 0 unspecified atom stereocenters. The molecule has 0 saturated heterocycles. The topological polar surface area (TPSA) is 28.7 Å². The number of nitrogens with zero attached hydrogens (tertiary/aromatic N) is 1. The average molecular weight is 207 g/mol. The molecule has 14 heavy (non-hydrogen) atoms. The van der Waals surface area contributed by atoms with E-state index in [1.165, 1.54) is 29.5 Å². The van der Waals surface area contributed by atoms with Crippen molar-refractivity contribution in [3.05, 3.63) is 28.5 Å². The van der Waals surface area contributed by atoms with Gasteiger partial charge in [0.25, 0.3) is 0 Å². The largest absolute Gasteiger partial charge is 0.343 e. The Hall–Kier alpha value is -1.02. The first-order valence-corrected chi connectivity index (χ1v) is 5.37. The number of halogens is 1. The number of aromatic amines is 1. The summed E-state index contributed by atoms with van der Waals surface area (Å²) in [4.78, 5) is 7.67. The van der Waals surface area contributed by atoms with E-state index in [-0.39, 0.29) is 0 Å². The Kier molecular flexibility index (Phi) is 1.77. The molecule has 2 heterocycles. The highest BCUT2D eigenvalue weighted by Crippen LogP contribution is 2.29. The second-order valence-corrected chi connectivity index (χ2v) is 4.28. The molecular weight excluding hydrogens is 196 g/mol. The van der Waals surface area contributed by atoms with Crippen molar-refractivity contribution < 1.29 is 0 Å². The molecule has 72 valence electrons. The normalized spacial score (nSPS) is 15.8. The molecule has 3 rings (SSSR count). The average Bonchev–Trinajstić information content (AvgIpc) is 2.56. The van der Waals surface area contributed by atoms with Crippen LogP contribution in [0, 0.1) is 0 Å². The molecule has 1 aliphatic carbocycles. The fraction of sp³-hybridized carbons (Fsp3) is 0.364. The predicted molar refractivity (Wildman–Crippen MR) is 57.7 cm³/mol. The van der Waals surface area contributed by atoms with Gasteiger partial charge in [0.15, 0.2) is 0 Å². The van der Waals surface area contributed by atoms with Crippen molar-refractivity contribution in [1.29, 1.82) is 0 Å². The minimum Gasteiger partial charge on any atom is -0.343 e. The monoisotopic (exact) mass is 206 g/mol. The Labute approximate surface area is 87.3 Å². The molecular formula is C11H11ClN2. The number of rotatable bonds is 0. The van der Waals surface area contributed by atoms with E-state index in [9.17, 15) is 0 Å². The Morgan fingerprint density at radius 2 is 2.14 bits per heavy atom. The summed E-state index contributed by atoms with van der Waals surface area (Å²) in [5.41, 5.74) is 3.78. The summed E-state index contributed by atoms with van der Waals surface area (Å²) >= 11 is 5.94. The number of aromatic nitrogens is 2. The van der Waals surface area contributed by atoms with E-state index in [2.05, 4.69) is 9.97 Å². The van der Waals surface area contributed by atoms with Crippen LogP contribution in [0.25, 0.3) is 11.0 Å². The van der Waals surface area contributed by atoms with Crippen molar-refractivity contribution in [3.8, 4) is 0 Å². The molecule has 0 spiro atoms. The molecule has 3 heteroatoms. The van der Waals surface area contributed by atoms with Gasteiger partial charge in [-0.25, -0.2) is 4.98 Å². The van der Waals surface area contributed by atoms with E-state index in [0.717, 1.165) is 23.5 Å². The third-order valence-corrected chi connectivity index (χ3v) is 3.12. The van der Waals surface area contributed by atoms with Gasteiger partial charge in [-0.05, 0) is 37.3 Å². The van der Waals surface area contributed by atoms with Crippen LogP contribution in [-0.4, -0.2) is 9.97 Å². The van der Waals surface area contributed by atoms with Crippen LogP contribution in [0.2, 0.25) is 5.02 Å². The van der Waals surface area contributed by atoms with Gasteiger partial charge in [0.05, 0.1) is 5.02 Å². The van der Waals surface area contributed by atoms with Crippen molar-refractivity contribution >= 4 is 22.6 Å². The maximum absolute atomic E-state index is 5.94. The number of fused-ring (bicyclic) bond motifs is 3. The van der Waals surface area contributed by atoms with Gasteiger partial charge in [0, 0.05) is 17.3 Å². The zero-order chi connectivity index (χ0) is 9.54. The van der Waals surface area contributed by atoms with Gasteiger partial charge in [0.1, 0.15) is 5.65 Å². The third kappa shape index (κ3) is 1.14. The van der Waals surface area contributed by atoms with E-state index < -0.39 is 0 Å². The Morgan fingerprint density at radius 1 is 1.29 bits per heavy atom.